The van der Waals surface area contributed by atoms with Crippen molar-refractivity contribution in [1.29, 1.82) is 0 Å². The average Bonchev–Trinajstić information content (AvgIpc) is 2.62. The molecule has 1 aromatic heterocycles. The molecule has 0 aliphatic heterocycles. The number of hydrogen-bond acceptors (Lipinski definition) is 3. The highest BCUT2D eigenvalue weighted by Gasteiger charge is 2.14. The van der Waals surface area contributed by atoms with Crippen molar-refractivity contribution in [2.45, 2.75) is 0 Å². The van der Waals surface area contributed by atoms with Gasteiger partial charge in [0.05, 0.1) is 27.2 Å². The highest BCUT2D eigenvalue weighted by molar-refractivity contribution is 6.05. The monoisotopic (exact) mass is 339 g/mol. The number of quaternary nitrogens is 1. The Labute approximate surface area is 147 Å². The second-order valence-electron chi connectivity index (χ2n) is 5.88. The lowest BCUT2D eigenvalue weighted by Crippen LogP contribution is -3.06. The molecule has 130 valence electrons. The number of rotatable bonds is 7. The Bertz CT molecular complexity index is 728. The maximum absolute atomic E-state index is 12.5. The normalized spacial score (nSPS) is 11.2. The van der Waals surface area contributed by atoms with Gasteiger partial charge < -0.3 is 15.5 Å². The van der Waals surface area contributed by atoms with Gasteiger partial charge in [0.15, 0.2) is 0 Å². The summed E-state index contributed by atoms with van der Waals surface area (Å²) < 4.78 is 0. The van der Waals surface area contributed by atoms with Crippen molar-refractivity contribution in [3.05, 3.63) is 71.7 Å². The maximum Gasteiger partial charge on any atom is 0.268 e. The van der Waals surface area contributed by atoms with Gasteiger partial charge in [-0.3, -0.25) is 14.6 Å². The number of nitrogens with zero attached hydrogens (tertiary/aromatic N) is 1. The number of likely N-dealkylation sites (N-methyl/N-ethyl adjacent to an activating group) is 1. The first-order chi connectivity index (χ1) is 12.1. The third-order valence-corrected chi connectivity index (χ3v) is 3.43. The van der Waals surface area contributed by atoms with Crippen LogP contribution >= 0.6 is 0 Å². The zero-order chi connectivity index (χ0) is 18.1. The summed E-state index contributed by atoms with van der Waals surface area (Å²) in [4.78, 5) is 30.1. The molecule has 0 aliphatic carbocycles. The summed E-state index contributed by atoms with van der Waals surface area (Å²) >= 11 is 0. The lowest BCUT2D eigenvalue weighted by atomic mass is 10.2. The lowest BCUT2D eigenvalue weighted by molar-refractivity contribution is -0.856. The van der Waals surface area contributed by atoms with Crippen LogP contribution in [0.4, 0.5) is 0 Å². The van der Waals surface area contributed by atoms with Gasteiger partial charge in [-0.2, -0.15) is 0 Å². The number of nitrogens with one attached hydrogen (secondary N) is 3. The van der Waals surface area contributed by atoms with Gasteiger partial charge in [0.1, 0.15) is 5.70 Å². The molecule has 6 nitrogen and oxygen atoms in total. The Morgan fingerprint density at radius 3 is 2.52 bits per heavy atom. The lowest BCUT2D eigenvalue weighted by Gasteiger charge is -2.12. The van der Waals surface area contributed by atoms with Gasteiger partial charge in [0.25, 0.3) is 11.8 Å². The molecule has 0 atom stereocenters. The smallest absolute Gasteiger partial charge is 0.268 e. The van der Waals surface area contributed by atoms with Crippen LogP contribution in [0.15, 0.2) is 60.6 Å². The van der Waals surface area contributed by atoms with E-state index in [0.717, 1.165) is 12.1 Å². The number of amides is 2. The van der Waals surface area contributed by atoms with Gasteiger partial charge in [-0.15, -0.1) is 0 Å². The van der Waals surface area contributed by atoms with Crippen LogP contribution < -0.4 is 15.5 Å². The largest absolute Gasteiger partial charge is 0.345 e. The maximum atomic E-state index is 12.5. The molecule has 0 aliphatic rings. The molecule has 0 saturated carbocycles. The van der Waals surface area contributed by atoms with E-state index < -0.39 is 0 Å². The van der Waals surface area contributed by atoms with E-state index in [1.807, 2.05) is 26.2 Å². The number of aromatic nitrogens is 1. The second-order valence-corrected chi connectivity index (χ2v) is 5.88. The summed E-state index contributed by atoms with van der Waals surface area (Å²) in [5.74, 6) is -0.654. The fourth-order valence-electron chi connectivity index (χ4n) is 2.09. The summed E-state index contributed by atoms with van der Waals surface area (Å²) in [5, 5.41) is 5.52. The molecule has 6 heteroatoms. The fourth-order valence-corrected chi connectivity index (χ4v) is 2.09. The van der Waals surface area contributed by atoms with Gasteiger partial charge in [-0.05, 0) is 29.8 Å². The van der Waals surface area contributed by atoms with Crippen LogP contribution in [0.25, 0.3) is 6.08 Å². The minimum absolute atomic E-state index is 0.190. The van der Waals surface area contributed by atoms with Gasteiger partial charge >= 0.3 is 0 Å². The predicted molar refractivity (Wildman–Crippen MR) is 96.8 cm³/mol. The summed E-state index contributed by atoms with van der Waals surface area (Å²) in [6.45, 7) is 1.31. The van der Waals surface area contributed by atoms with E-state index in [4.69, 9.17) is 0 Å². The quantitative estimate of drug-likeness (QED) is 0.627. The van der Waals surface area contributed by atoms with Crippen LogP contribution in [0.5, 0.6) is 0 Å². The first-order valence-corrected chi connectivity index (χ1v) is 8.11. The number of carbonyl (C=O) groups excluding carboxylic acids is 2. The van der Waals surface area contributed by atoms with Gasteiger partial charge in [-0.1, -0.05) is 24.3 Å². The molecule has 25 heavy (non-hydrogen) atoms. The van der Waals surface area contributed by atoms with Crippen LogP contribution in [0.3, 0.4) is 0 Å². The van der Waals surface area contributed by atoms with Crippen LogP contribution in [0.1, 0.15) is 15.9 Å². The molecule has 2 rings (SSSR count). The molecule has 0 saturated heterocycles. The van der Waals surface area contributed by atoms with E-state index in [0.29, 0.717) is 12.1 Å². The minimum Gasteiger partial charge on any atom is -0.345 e. The Morgan fingerprint density at radius 1 is 1.12 bits per heavy atom. The highest BCUT2D eigenvalue weighted by Crippen LogP contribution is 2.06. The molecule has 0 spiro atoms. The molecule has 0 bridgehead atoms. The predicted octanol–water partition coefficient (Wildman–Crippen LogP) is 0.113. The minimum atomic E-state index is -0.330. The van der Waals surface area contributed by atoms with Crippen molar-refractivity contribution in [3.63, 3.8) is 0 Å². The summed E-state index contributed by atoms with van der Waals surface area (Å²) in [7, 11) is 4.02. The van der Waals surface area contributed by atoms with Crippen LogP contribution in [-0.4, -0.2) is 44.0 Å². The van der Waals surface area contributed by atoms with E-state index in [-0.39, 0.29) is 17.5 Å². The Hall–Kier alpha value is -2.99. The number of carbonyl (C=O) groups is 2. The van der Waals surface area contributed by atoms with Crippen molar-refractivity contribution in [2.75, 3.05) is 27.2 Å². The van der Waals surface area contributed by atoms with Crippen LogP contribution in [0, 0.1) is 0 Å². The molecule has 3 N–H and O–H groups in total. The van der Waals surface area contributed by atoms with Crippen molar-refractivity contribution in [2.24, 2.45) is 0 Å². The number of hydrogen-bond donors (Lipinski definition) is 3. The molecular formula is C19H23N4O2+. The van der Waals surface area contributed by atoms with Gasteiger partial charge in [0.2, 0.25) is 0 Å². The average molecular weight is 339 g/mol. The molecule has 0 radical (unpaired) electrons. The van der Waals surface area contributed by atoms with Crippen LogP contribution in [0.2, 0.25) is 0 Å². The number of benzene rings is 1. The van der Waals surface area contributed by atoms with E-state index in [1.165, 1.54) is 4.90 Å². The van der Waals surface area contributed by atoms with E-state index >= 15 is 0 Å². The Morgan fingerprint density at radius 2 is 1.88 bits per heavy atom. The summed E-state index contributed by atoms with van der Waals surface area (Å²) in [6, 6.07) is 12.4. The molecule has 2 amide bonds. The van der Waals surface area contributed by atoms with E-state index in [2.05, 4.69) is 15.6 Å². The van der Waals surface area contributed by atoms with Gasteiger partial charge in [-0.25, -0.2) is 0 Å². The summed E-state index contributed by atoms with van der Waals surface area (Å²) in [6.07, 6.45) is 4.90. The van der Waals surface area contributed by atoms with Crippen molar-refractivity contribution in [3.8, 4) is 0 Å². The van der Waals surface area contributed by atoms with Crippen molar-refractivity contribution in [1.82, 2.24) is 15.6 Å². The molecular weight excluding hydrogens is 316 g/mol. The van der Waals surface area contributed by atoms with E-state index in [1.54, 1.807) is 48.8 Å². The van der Waals surface area contributed by atoms with Crippen LogP contribution in [-0.2, 0) is 4.79 Å². The molecule has 0 unspecified atom stereocenters. The zero-order valence-corrected chi connectivity index (χ0v) is 14.5. The van der Waals surface area contributed by atoms with Gasteiger partial charge in [0, 0.05) is 18.0 Å². The topological polar surface area (TPSA) is 75.5 Å². The van der Waals surface area contributed by atoms with E-state index in [9.17, 15) is 9.59 Å². The highest BCUT2D eigenvalue weighted by atomic mass is 16.2. The molecule has 2 aromatic rings. The first kappa shape index (κ1) is 18.4. The molecule has 1 aromatic carbocycles. The SMILES string of the molecule is C[NH+](C)CCNC(=O)/C(=C\c1cccnc1)NC(=O)c1ccccc1. The molecule has 0 fully saturated rings. The fraction of sp³-hybridized carbons (Fsp3) is 0.211. The zero-order valence-electron chi connectivity index (χ0n) is 14.5. The summed E-state index contributed by atoms with van der Waals surface area (Å²) in [5.41, 5.74) is 1.42. The second kappa shape index (κ2) is 9.34. The molecule has 1 heterocycles. The first-order valence-electron chi connectivity index (χ1n) is 8.11. The standard InChI is InChI=1S/C19H22N4O2/c1-23(2)12-11-21-19(25)17(13-15-7-6-10-20-14-15)22-18(24)16-8-4-3-5-9-16/h3-10,13-14H,11-12H2,1-2H3,(H,21,25)(H,22,24)/p+1/b17-13+. The van der Waals surface area contributed by atoms with Crippen molar-refractivity contribution >= 4 is 17.9 Å². The Balaban J connectivity index is 2.16. The Kier molecular flexibility index (Phi) is 6.86. The third kappa shape index (κ3) is 6.19. The third-order valence-electron chi connectivity index (χ3n) is 3.43. The number of pyridine rings is 1. The van der Waals surface area contributed by atoms with Crippen molar-refractivity contribution < 1.29 is 14.5 Å².